The quantitative estimate of drug-likeness (QED) is 0.806. The van der Waals surface area contributed by atoms with Crippen molar-refractivity contribution in [2.24, 2.45) is 5.92 Å². The second kappa shape index (κ2) is 8.49. The lowest BCUT2D eigenvalue weighted by Crippen LogP contribution is -3.10. The zero-order valence-electron chi connectivity index (χ0n) is 14.3. The van der Waals surface area contributed by atoms with Gasteiger partial charge in [-0.05, 0) is 5.92 Å². The molecular weight excluding hydrogens is 284 g/mol. The number of amides is 1. The van der Waals surface area contributed by atoms with Gasteiger partial charge in [0.05, 0.1) is 7.05 Å². The molecular formula is C20H27N2O+. The van der Waals surface area contributed by atoms with Crippen molar-refractivity contribution in [3.63, 3.8) is 0 Å². The Balaban J connectivity index is 2.16. The highest BCUT2D eigenvalue weighted by Crippen LogP contribution is 2.18. The number of hydrogen-bond donors (Lipinski definition) is 2. The molecule has 1 unspecified atom stereocenters. The average Bonchev–Trinajstić information content (AvgIpc) is 2.55. The van der Waals surface area contributed by atoms with E-state index in [-0.39, 0.29) is 11.9 Å². The van der Waals surface area contributed by atoms with Crippen molar-refractivity contribution in [1.29, 1.82) is 0 Å². The number of carbonyl (C=O) groups is 1. The number of likely N-dealkylation sites (N-methyl/N-ethyl adjacent to an activating group) is 1. The maximum absolute atomic E-state index is 12.2. The largest absolute Gasteiger partial charge is 0.351 e. The predicted octanol–water partition coefficient (Wildman–Crippen LogP) is 2.06. The van der Waals surface area contributed by atoms with Gasteiger partial charge in [0.2, 0.25) is 0 Å². The zero-order valence-corrected chi connectivity index (χ0v) is 14.3. The van der Waals surface area contributed by atoms with Crippen LogP contribution >= 0.6 is 0 Å². The molecule has 0 heterocycles. The zero-order chi connectivity index (χ0) is 16.7. The molecule has 0 fully saturated rings. The molecule has 0 radical (unpaired) electrons. The average molecular weight is 311 g/mol. The van der Waals surface area contributed by atoms with Crippen LogP contribution in [0, 0.1) is 5.92 Å². The van der Waals surface area contributed by atoms with Crippen LogP contribution in [0.4, 0.5) is 0 Å². The molecule has 122 valence electrons. The molecule has 0 bridgehead atoms. The number of rotatable bonds is 7. The van der Waals surface area contributed by atoms with E-state index in [4.69, 9.17) is 0 Å². The van der Waals surface area contributed by atoms with Gasteiger partial charge in [0.1, 0.15) is 6.04 Å². The fourth-order valence-corrected chi connectivity index (χ4v) is 2.79. The first-order chi connectivity index (χ1) is 11.1. The van der Waals surface area contributed by atoms with E-state index in [1.807, 2.05) is 12.1 Å². The first-order valence-electron chi connectivity index (χ1n) is 8.27. The first-order valence-corrected chi connectivity index (χ1v) is 8.27. The molecule has 0 saturated heterocycles. The highest BCUT2D eigenvalue weighted by atomic mass is 16.2. The first kappa shape index (κ1) is 17.2. The third kappa shape index (κ3) is 5.22. The molecule has 0 aliphatic rings. The van der Waals surface area contributed by atoms with Crippen LogP contribution in [0.5, 0.6) is 0 Å². The summed E-state index contributed by atoms with van der Waals surface area (Å²) in [7, 11) is 2.08. The van der Waals surface area contributed by atoms with Gasteiger partial charge in [0, 0.05) is 17.7 Å². The van der Waals surface area contributed by atoms with E-state index in [2.05, 4.69) is 74.7 Å². The van der Waals surface area contributed by atoms with Gasteiger partial charge in [-0.3, -0.25) is 4.79 Å². The number of hydrogen-bond acceptors (Lipinski definition) is 1. The molecule has 0 saturated carbocycles. The molecule has 0 aliphatic heterocycles. The van der Waals surface area contributed by atoms with Crippen molar-refractivity contribution in [3.8, 4) is 0 Å². The summed E-state index contributed by atoms with van der Waals surface area (Å²) in [4.78, 5) is 13.4. The molecule has 0 spiro atoms. The fraction of sp³-hybridized carbons (Fsp3) is 0.350. The molecule has 1 atom stereocenters. The summed E-state index contributed by atoms with van der Waals surface area (Å²) in [6.45, 7) is 5.40. The van der Waals surface area contributed by atoms with Gasteiger partial charge >= 0.3 is 0 Å². The van der Waals surface area contributed by atoms with E-state index in [0.29, 0.717) is 12.5 Å². The highest BCUT2D eigenvalue weighted by Gasteiger charge is 2.24. The number of benzene rings is 2. The van der Waals surface area contributed by atoms with Gasteiger partial charge in [-0.25, -0.2) is 0 Å². The van der Waals surface area contributed by atoms with Gasteiger partial charge in [-0.2, -0.15) is 0 Å². The van der Waals surface area contributed by atoms with Gasteiger partial charge in [0.25, 0.3) is 5.91 Å². The standard InChI is InChI=1S/C20H26N2O/c1-16(2)14-21-19(23)15-22(3)20(17-10-6-4-7-11-17)18-12-8-5-9-13-18/h4-13,16,20H,14-15H2,1-3H3,(H,21,23)/p+1. The van der Waals surface area contributed by atoms with Crippen LogP contribution in [0.25, 0.3) is 0 Å². The van der Waals surface area contributed by atoms with Crippen LogP contribution < -0.4 is 10.2 Å². The van der Waals surface area contributed by atoms with E-state index in [0.717, 1.165) is 6.54 Å². The van der Waals surface area contributed by atoms with Crippen LogP contribution in [0.2, 0.25) is 0 Å². The normalized spacial score (nSPS) is 12.4. The molecule has 2 aromatic rings. The highest BCUT2D eigenvalue weighted by molar-refractivity contribution is 5.76. The van der Waals surface area contributed by atoms with Gasteiger partial charge in [-0.1, -0.05) is 74.5 Å². The van der Waals surface area contributed by atoms with Crippen molar-refractivity contribution >= 4 is 5.91 Å². The van der Waals surface area contributed by atoms with Crippen LogP contribution in [0.1, 0.15) is 31.0 Å². The molecule has 2 rings (SSSR count). The van der Waals surface area contributed by atoms with Crippen molar-refractivity contribution in [1.82, 2.24) is 5.32 Å². The summed E-state index contributed by atoms with van der Waals surface area (Å²) in [6, 6.07) is 20.9. The minimum Gasteiger partial charge on any atom is -0.351 e. The Bertz CT molecular complexity index is 556. The smallest absolute Gasteiger partial charge is 0.275 e. The Kier molecular flexibility index (Phi) is 6.36. The van der Waals surface area contributed by atoms with E-state index >= 15 is 0 Å². The molecule has 0 aliphatic carbocycles. The maximum atomic E-state index is 12.2. The number of carbonyl (C=O) groups excluding carboxylic acids is 1. The van der Waals surface area contributed by atoms with Crippen LogP contribution in [-0.4, -0.2) is 26.0 Å². The monoisotopic (exact) mass is 311 g/mol. The van der Waals surface area contributed by atoms with E-state index < -0.39 is 0 Å². The predicted molar refractivity (Wildman–Crippen MR) is 94.3 cm³/mol. The number of nitrogens with one attached hydrogen (secondary N) is 2. The summed E-state index contributed by atoms with van der Waals surface area (Å²) in [6.07, 6.45) is 0. The van der Waals surface area contributed by atoms with E-state index in [1.54, 1.807) is 0 Å². The third-order valence-corrected chi connectivity index (χ3v) is 3.91. The van der Waals surface area contributed by atoms with Gasteiger partial charge < -0.3 is 10.2 Å². The topological polar surface area (TPSA) is 33.5 Å². The molecule has 2 N–H and O–H groups in total. The molecule has 1 amide bonds. The summed E-state index contributed by atoms with van der Waals surface area (Å²) >= 11 is 0. The number of quaternary nitrogens is 1. The molecule has 3 nitrogen and oxygen atoms in total. The Labute approximate surface area is 139 Å². The lowest BCUT2D eigenvalue weighted by molar-refractivity contribution is -0.898. The van der Waals surface area contributed by atoms with Crippen molar-refractivity contribution in [2.45, 2.75) is 19.9 Å². The molecule has 0 aromatic heterocycles. The van der Waals surface area contributed by atoms with Crippen LogP contribution in [0.15, 0.2) is 60.7 Å². The maximum Gasteiger partial charge on any atom is 0.275 e. The van der Waals surface area contributed by atoms with Gasteiger partial charge in [0.15, 0.2) is 6.54 Å². The Morgan fingerprint density at radius 3 is 1.87 bits per heavy atom. The van der Waals surface area contributed by atoms with E-state index in [9.17, 15) is 4.79 Å². The SMILES string of the molecule is CC(C)CNC(=O)C[NH+](C)C(c1ccccc1)c1ccccc1. The fourth-order valence-electron chi connectivity index (χ4n) is 2.79. The minimum absolute atomic E-state index is 0.105. The van der Waals surface area contributed by atoms with Crippen LogP contribution in [0.3, 0.4) is 0 Å². The van der Waals surface area contributed by atoms with Gasteiger partial charge in [-0.15, -0.1) is 0 Å². The summed E-state index contributed by atoms with van der Waals surface area (Å²) in [5, 5.41) is 3.01. The lowest BCUT2D eigenvalue weighted by atomic mass is 9.97. The summed E-state index contributed by atoms with van der Waals surface area (Å²) in [5.74, 6) is 0.575. The second-order valence-corrected chi connectivity index (χ2v) is 6.48. The lowest BCUT2D eigenvalue weighted by Gasteiger charge is -2.25. The molecule has 2 aromatic carbocycles. The van der Waals surface area contributed by atoms with Crippen molar-refractivity contribution in [2.75, 3.05) is 20.1 Å². The summed E-state index contributed by atoms with van der Waals surface area (Å²) < 4.78 is 0. The van der Waals surface area contributed by atoms with Crippen LogP contribution in [-0.2, 0) is 4.79 Å². The van der Waals surface area contributed by atoms with Crippen molar-refractivity contribution in [3.05, 3.63) is 71.8 Å². The van der Waals surface area contributed by atoms with Crippen molar-refractivity contribution < 1.29 is 9.69 Å². The Morgan fingerprint density at radius 1 is 0.957 bits per heavy atom. The second-order valence-electron chi connectivity index (χ2n) is 6.48. The van der Waals surface area contributed by atoms with E-state index in [1.165, 1.54) is 16.0 Å². The third-order valence-electron chi connectivity index (χ3n) is 3.91. The minimum atomic E-state index is 0.105. The molecule has 23 heavy (non-hydrogen) atoms. The molecule has 3 heteroatoms. The summed E-state index contributed by atoms with van der Waals surface area (Å²) in [5.41, 5.74) is 2.46. The Hall–Kier alpha value is -2.13. The Morgan fingerprint density at radius 2 is 1.43 bits per heavy atom.